The highest BCUT2D eigenvalue weighted by Crippen LogP contribution is 2.27. The molecule has 29 heavy (non-hydrogen) atoms. The predicted octanol–water partition coefficient (Wildman–Crippen LogP) is 4.74. The zero-order valence-corrected chi connectivity index (χ0v) is 15.3. The molecule has 5 aromatic rings. The van der Waals surface area contributed by atoms with Gasteiger partial charge in [-0.1, -0.05) is 48.5 Å². The molecule has 0 atom stereocenters. The van der Waals surface area contributed by atoms with Crippen LogP contribution < -0.4 is 5.43 Å². The molecule has 140 valence electrons. The van der Waals surface area contributed by atoms with Crippen LogP contribution in [0, 0.1) is 0 Å². The first-order chi connectivity index (χ1) is 14.3. The second-order valence-corrected chi connectivity index (χ2v) is 6.58. The number of rotatable bonds is 4. The number of amides is 1. The number of nitrogens with zero attached hydrogens (tertiary/aromatic N) is 2. The molecular weight excluding hydrogens is 364 g/mol. The summed E-state index contributed by atoms with van der Waals surface area (Å²) in [5.41, 5.74) is 4.37. The van der Waals surface area contributed by atoms with Crippen molar-refractivity contribution in [3.8, 4) is 11.5 Å². The molecule has 0 bridgehead atoms. The van der Waals surface area contributed by atoms with E-state index in [9.17, 15) is 4.79 Å². The van der Waals surface area contributed by atoms with Gasteiger partial charge >= 0.3 is 0 Å². The smallest absolute Gasteiger partial charge is 0.291 e. The molecular formula is C23H16N4O2. The second kappa shape index (κ2) is 7.09. The summed E-state index contributed by atoms with van der Waals surface area (Å²) in [6, 6.07) is 23.6. The Bertz CT molecular complexity index is 1300. The zero-order valence-electron chi connectivity index (χ0n) is 15.3. The van der Waals surface area contributed by atoms with Gasteiger partial charge in [-0.3, -0.25) is 9.89 Å². The van der Waals surface area contributed by atoms with Crippen LogP contribution in [0.5, 0.6) is 0 Å². The van der Waals surface area contributed by atoms with Gasteiger partial charge in [-0.15, -0.1) is 0 Å². The maximum Gasteiger partial charge on any atom is 0.291 e. The fourth-order valence-electron chi connectivity index (χ4n) is 3.40. The lowest BCUT2D eigenvalue weighted by Crippen LogP contribution is -2.18. The molecule has 3 aromatic carbocycles. The Morgan fingerprint density at radius 2 is 1.69 bits per heavy atom. The molecule has 2 aromatic heterocycles. The van der Waals surface area contributed by atoms with E-state index in [1.54, 1.807) is 30.7 Å². The third-order valence-electron chi connectivity index (χ3n) is 4.77. The van der Waals surface area contributed by atoms with Crippen LogP contribution in [0.25, 0.3) is 33.0 Å². The number of aromatic amines is 1. The predicted molar refractivity (Wildman–Crippen MR) is 113 cm³/mol. The van der Waals surface area contributed by atoms with Gasteiger partial charge < -0.3 is 4.42 Å². The van der Waals surface area contributed by atoms with Gasteiger partial charge in [0.15, 0.2) is 11.5 Å². The Kier molecular flexibility index (Phi) is 4.14. The molecule has 5 rings (SSSR count). The first kappa shape index (κ1) is 16.9. The van der Waals surface area contributed by atoms with Gasteiger partial charge in [-0.25, -0.2) is 5.43 Å². The molecule has 0 radical (unpaired) electrons. The Balaban J connectivity index is 1.44. The molecule has 2 heterocycles. The zero-order chi connectivity index (χ0) is 19.6. The fourth-order valence-corrected chi connectivity index (χ4v) is 3.40. The maximum absolute atomic E-state index is 12.4. The summed E-state index contributed by atoms with van der Waals surface area (Å²) in [6.07, 6.45) is 3.25. The largest absolute Gasteiger partial charge is 0.463 e. The summed E-state index contributed by atoms with van der Waals surface area (Å²) < 4.78 is 5.30. The Hall–Kier alpha value is -4.19. The minimum atomic E-state index is -0.403. The van der Waals surface area contributed by atoms with Crippen molar-refractivity contribution in [1.29, 1.82) is 0 Å². The number of nitrogens with one attached hydrogen (secondary N) is 2. The van der Waals surface area contributed by atoms with Gasteiger partial charge in [0.1, 0.15) is 5.69 Å². The number of fused-ring (bicyclic) bond motifs is 2. The third kappa shape index (κ3) is 3.17. The molecule has 0 aliphatic rings. The topological polar surface area (TPSA) is 83.3 Å². The Labute approximate surface area is 165 Å². The number of hydrazone groups is 1. The maximum atomic E-state index is 12.4. The standard InChI is InChI=1S/C23H16N4O2/c28-23(21-13-20(25-26-21)22-10-5-11-29-22)27-24-14-19-17-8-3-1-6-15(17)12-16-7-2-4-9-18(16)19/h1-14H,(H,25,26)(H,27,28). The number of carbonyl (C=O) groups is 1. The first-order valence-electron chi connectivity index (χ1n) is 9.13. The monoisotopic (exact) mass is 380 g/mol. The summed E-state index contributed by atoms with van der Waals surface area (Å²) in [5, 5.41) is 15.4. The molecule has 0 fully saturated rings. The quantitative estimate of drug-likeness (QED) is 0.268. The highest BCUT2D eigenvalue weighted by molar-refractivity contribution is 6.13. The van der Waals surface area contributed by atoms with E-state index in [0.717, 1.165) is 27.1 Å². The van der Waals surface area contributed by atoms with Gasteiger partial charge in [0.2, 0.25) is 0 Å². The normalized spacial score (nSPS) is 11.4. The number of benzene rings is 3. The third-order valence-corrected chi connectivity index (χ3v) is 4.77. The van der Waals surface area contributed by atoms with Crippen molar-refractivity contribution in [3.05, 3.63) is 90.3 Å². The van der Waals surface area contributed by atoms with Gasteiger partial charge in [0.05, 0.1) is 12.5 Å². The van der Waals surface area contributed by atoms with Gasteiger partial charge in [-0.2, -0.15) is 10.2 Å². The Morgan fingerprint density at radius 3 is 2.38 bits per heavy atom. The van der Waals surface area contributed by atoms with Crippen molar-refractivity contribution in [3.63, 3.8) is 0 Å². The number of hydrogen-bond acceptors (Lipinski definition) is 4. The molecule has 0 aliphatic carbocycles. The lowest BCUT2D eigenvalue weighted by molar-refractivity contribution is 0.0950. The van der Waals surface area contributed by atoms with Crippen molar-refractivity contribution in [1.82, 2.24) is 15.6 Å². The van der Waals surface area contributed by atoms with Crippen molar-refractivity contribution >= 4 is 33.7 Å². The number of furan rings is 1. The van der Waals surface area contributed by atoms with E-state index in [-0.39, 0.29) is 5.69 Å². The van der Waals surface area contributed by atoms with Crippen LogP contribution in [-0.2, 0) is 0 Å². The number of hydrogen-bond donors (Lipinski definition) is 2. The van der Waals surface area contributed by atoms with Crippen LogP contribution in [0.3, 0.4) is 0 Å². The van der Waals surface area contributed by atoms with Crippen LogP contribution in [0.2, 0.25) is 0 Å². The molecule has 0 aliphatic heterocycles. The molecule has 0 saturated carbocycles. The molecule has 6 nitrogen and oxygen atoms in total. The molecule has 0 unspecified atom stereocenters. The number of H-pyrrole nitrogens is 1. The van der Waals surface area contributed by atoms with Crippen molar-refractivity contribution < 1.29 is 9.21 Å². The van der Waals surface area contributed by atoms with E-state index in [0.29, 0.717) is 11.5 Å². The van der Waals surface area contributed by atoms with Crippen molar-refractivity contribution in [2.75, 3.05) is 0 Å². The summed E-state index contributed by atoms with van der Waals surface area (Å²) in [5.74, 6) is 0.210. The summed E-state index contributed by atoms with van der Waals surface area (Å²) in [4.78, 5) is 12.4. The van der Waals surface area contributed by atoms with Crippen LogP contribution in [0.4, 0.5) is 0 Å². The average molecular weight is 380 g/mol. The molecule has 2 N–H and O–H groups in total. The van der Waals surface area contributed by atoms with E-state index in [2.05, 4.69) is 38.9 Å². The van der Waals surface area contributed by atoms with E-state index >= 15 is 0 Å². The summed E-state index contributed by atoms with van der Waals surface area (Å²) >= 11 is 0. The second-order valence-electron chi connectivity index (χ2n) is 6.58. The number of carbonyl (C=O) groups excluding carboxylic acids is 1. The number of aromatic nitrogens is 2. The fraction of sp³-hybridized carbons (Fsp3) is 0. The molecule has 6 heteroatoms. The lowest BCUT2D eigenvalue weighted by Gasteiger charge is -2.07. The molecule has 0 spiro atoms. The van der Waals surface area contributed by atoms with Gasteiger partial charge in [0.25, 0.3) is 5.91 Å². The van der Waals surface area contributed by atoms with Crippen LogP contribution in [0.1, 0.15) is 16.1 Å². The average Bonchev–Trinajstić information content (AvgIpc) is 3.45. The lowest BCUT2D eigenvalue weighted by atomic mass is 9.97. The van der Waals surface area contributed by atoms with Crippen LogP contribution >= 0.6 is 0 Å². The minimum absolute atomic E-state index is 0.233. The van der Waals surface area contributed by atoms with Gasteiger partial charge in [0, 0.05) is 11.6 Å². The van der Waals surface area contributed by atoms with Gasteiger partial charge in [-0.05, 0) is 39.7 Å². The highest BCUT2D eigenvalue weighted by atomic mass is 16.3. The van der Waals surface area contributed by atoms with E-state index in [1.165, 1.54) is 0 Å². The summed E-state index contributed by atoms with van der Waals surface area (Å²) in [6.45, 7) is 0. The van der Waals surface area contributed by atoms with E-state index in [1.807, 2.05) is 36.4 Å². The summed E-state index contributed by atoms with van der Waals surface area (Å²) in [7, 11) is 0. The molecule has 1 amide bonds. The van der Waals surface area contributed by atoms with E-state index < -0.39 is 5.91 Å². The molecule has 0 saturated heterocycles. The first-order valence-corrected chi connectivity index (χ1v) is 9.13. The SMILES string of the molecule is O=C(NN=Cc1c2ccccc2cc2ccccc12)c1cc(-c2ccco2)[nH]n1. The van der Waals surface area contributed by atoms with Crippen LogP contribution in [-0.4, -0.2) is 22.3 Å². The van der Waals surface area contributed by atoms with Crippen molar-refractivity contribution in [2.45, 2.75) is 0 Å². The van der Waals surface area contributed by atoms with Crippen LogP contribution in [0.15, 0.2) is 88.6 Å². The Morgan fingerprint density at radius 1 is 0.966 bits per heavy atom. The van der Waals surface area contributed by atoms with E-state index in [4.69, 9.17) is 4.42 Å². The minimum Gasteiger partial charge on any atom is -0.463 e. The van der Waals surface area contributed by atoms with Crippen molar-refractivity contribution in [2.24, 2.45) is 5.10 Å². The highest BCUT2D eigenvalue weighted by Gasteiger charge is 2.12.